The lowest BCUT2D eigenvalue weighted by Gasteiger charge is -2.17. The Morgan fingerprint density at radius 3 is 2.60 bits per heavy atom. The summed E-state index contributed by atoms with van der Waals surface area (Å²) in [7, 11) is 1.59. The number of carbonyl (C=O) groups is 1. The normalized spacial score (nSPS) is 11.8. The van der Waals surface area contributed by atoms with Crippen LogP contribution in [0.3, 0.4) is 0 Å². The molecular weight excluding hydrogens is 256 g/mol. The zero-order chi connectivity index (χ0) is 15.0. The van der Waals surface area contributed by atoms with Crippen molar-refractivity contribution in [2.45, 2.75) is 33.4 Å². The Hall–Kier alpha value is -1.75. The van der Waals surface area contributed by atoms with Gasteiger partial charge in [-0.05, 0) is 38.1 Å². The van der Waals surface area contributed by atoms with Gasteiger partial charge in [-0.25, -0.2) is 0 Å². The molecule has 112 valence electrons. The van der Waals surface area contributed by atoms with Gasteiger partial charge in [-0.3, -0.25) is 4.79 Å². The fourth-order valence-electron chi connectivity index (χ4n) is 1.75. The quantitative estimate of drug-likeness (QED) is 0.761. The zero-order valence-electron chi connectivity index (χ0n) is 12.7. The molecule has 0 fully saturated rings. The molecule has 1 atom stereocenters. The summed E-state index contributed by atoms with van der Waals surface area (Å²) in [6.07, 6.45) is -0.552. The van der Waals surface area contributed by atoms with E-state index < -0.39 is 6.10 Å². The molecule has 0 spiro atoms. The average molecular weight is 280 g/mol. The molecule has 1 amide bonds. The third-order valence-electron chi connectivity index (χ3n) is 2.83. The zero-order valence-corrected chi connectivity index (χ0v) is 12.7. The van der Waals surface area contributed by atoms with Crippen molar-refractivity contribution in [3.05, 3.63) is 23.8 Å². The van der Waals surface area contributed by atoms with E-state index in [1.165, 1.54) is 0 Å². The monoisotopic (exact) mass is 280 g/mol. The van der Waals surface area contributed by atoms with Crippen LogP contribution in [0.4, 0.5) is 0 Å². The molecule has 0 bridgehead atoms. The first kappa shape index (κ1) is 16.3. The van der Waals surface area contributed by atoms with Crippen LogP contribution in [-0.4, -0.2) is 32.2 Å². The molecule has 0 aliphatic rings. The van der Waals surface area contributed by atoms with Gasteiger partial charge < -0.3 is 20.1 Å². The fourth-order valence-corrected chi connectivity index (χ4v) is 1.75. The molecule has 0 saturated carbocycles. The summed E-state index contributed by atoms with van der Waals surface area (Å²) in [5.41, 5.74) is 1.11. The van der Waals surface area contributed by atoms with Crippen LogP contribution in [0.25, 0.3) is 0 Å². The Kier molecular flexibility index (Phi) is 6.87. The van der Waals surface area contributed by atoms with Gasteiger partial charge in [0.2, 0.25) is 0 Å². The minimum absolute atomic E-state index is 0.133. The summed E-state index contributed by atoms with van der Waals surface area (Å²) >= 11 is 0. The molecule has 5 nitrogen and oxygen atoms in total. The van der Waals surface area contributed by atoms with Crippen molar-refractivity contribution in [2.24, 2.45) is 0 Å². The molecule has 0 aromatic heterocycles. The molecule has 0 radical (unpaired) electrons. The lowest BCUT2D eigenvalue weighted by molar-refractivity contribution is -0.127. The average Bonchev–Trinajstić information content (AvgIpc) is 2.46. The Morgan fingerprint density at radius 1 is 1.25 bits per heavy atom. The number of likely N-dealkylation sites (N-methyl/N-ethyl adjacent to an activating group) is 1. The predicted molar refractivity (Wildman–Crippen MR) is 79.1 cm³/mol. The summed E-state index contributed by atoms with van der Waals surface area (Å²) in [4.78, 5) is 11.7. The van der Waals surface area contributed by atoms with Crippen LogP contribution >= 0.6 is 0 Å². The maximum absolute atomic E-state index is 11.7. The number of benzene rings is 1. The second-order valence-electron chi connectivity index (χ2n) is 4.42. The molecule has 0 aliphatic carbocycles. The molecule has 2 N–H and O–H groups in total. The maximum Gasteiger partial charge on any atom is 0.260 e. The predicted octanol–water partition coefficient (Wildman–Crippen LogP) is 1.71. The minimum atomic E-state index is -0.552. The van der Waals surface area contributed by atoms with E-state index in [-0.39, 0.29) is 5.91 Å². The van der Waals surface area contributed by atoms with Crippen molar-refractivity contribution < 1.29 is 14.3 Å². The summed E-state index contributed by atoms with van der Waals surface area (Å²) in [5.74, 6) is 1.08. The highest BCUT2D eigenvalue weighted by molar-refractivity contribution is 5.80. The van der Waals surface area contributed by atoms with Crippen LogP contribution in [0.15, 0.2) is 18.2 Å². The minimum Gasteiger partial charge on any atom is -0.493 e. The Labute approximate surface area is 120 Å². The highest BCUT2D eigenvalue weighted by Crippen LogP contribution is 2.29. The summed E-state index contributed by atoms with van der Waals surface area (Å²) in [6, 6.07) is 5.72. The molecule has 5 heteroatoms. The van der Waals surface area contributed by atoms with Crippen molar-refractivity contribution in [1.29, 1.82) is 0 Å². The van der Waals surface area contributed by atoms with Crippen LogP contribution in [0.1, 0.15) is 26.3 Å². The third kappa shape index (κ3) is 4.74. The number of ether oxygens (including phenoxy) is 2. The standard InChI is InChI=1S/C15H24N2O3/c1-5-16-10-12-7-8-13(14(9-12)19-4)20-11(3)15(18)17-6-2/h7-9,11,16H,5-6,10H2,1-4H3,(H,17,18). The molecule has 0 heterocycles. The highest BCUT2D eigenvalue weighted by atomic mass is 16.5. The van der Waals surface area contributed by atoms with Gasteiger partial charge in [0, 0.05) is 13.1 Å². The van der Waals surface area contributed by atoms with Crippen LogP contribution in [0.5, 0.6) is 11.5 Å². The van der Waals surface area contributed by atoms with Crippen molar-refractivity contribution in [1.82, 2.24) is 10.6 Å². The number of rotatable bonds is 8. The lowest BCUT2D eigenvalue weighted by atomic mass is 10.2. The number of carbonyl (C=O) groups excluding carboxylic acids is 1. The Balaban J connectivity index is 2.76. The molecular formula is C15H24N2O3. The van der Waals surface area contributed by atoms with Gasteiger partial charge in [-0.1, -0.05) is 13.0 Å². The number of hydrogen-bond acceptors (Lipinski definition) is 4. The number of amides is 1. The summed E-state index contributed by atoms with van der Waals surface area (Å²) in [6.45, 7) is 7.93. The van der Waals surface area contributed by atoms with E-state index >= 15 is 0 Å². The van der Waals surface area contributed by atoms with Crippen molar-refractivity contribution in [3.8, 4) is 11.5 Å². The number of hydrogen-bond donors (Lipinski definition) is 2. The molecule has 20 heavy (non-hydrogen) atoms. The third-order valence-corrected chi connectivity index (χ3v) is 2.83. The first-order valence-electron chi connectivity index (χ1n) is 6.94. The van der Waals surface area contributed by atoms with Crippen molar-refractivity contribution in [2.75, 3.05) is 20.2 Å². The van der Waals surface area contributed by atoms with E-state index in [4.69, 9.17) is 9.47 Å². The van der Waals surface area contributed by atoms with Gasteiger partial charge in [0.05, 0.1) is 7.11 Å². The van der Waals surface area contributed by atoms with Crippen LogP contribution < -0.4 is 20.1 Å². The smallest absolute Gasteiger partial charge is 0.260 e. The second-order valence-corrected chi connectivity index (χ2v) is 4.42. The lowest BCUT2D eigenvalue weighted by Crippen LogP contribution is -2.36. The van der Waals surface area contributed by atoms with Crippen LogP contribution in [0, 0.1) is 0 Å². The molecule has 1 rings (SSSR count). The second kappa shape index (κ2) is 8.43. The highest BCUT2D eigenvalue weighted by Gasteiger charge is 2.16. The Bertz CT molecular complexity index is 435. The molecule has 1 aromatic carbocycles. The SMILES string of the molecule is CCNCc1ccc(OC(C)C(=O)NCC)c(OC)c1. The molecule has 1 unspecified atom stereocenters. The van der Waals surface area contributed by atoms with Crippen molar-refractivity contribution >= 4 is 5.91 Å². The summed E-state index contributed by atoms with van der Waals surface area (Å²) < 4.78 is 11.0. The Morgan fingerprint density at radius 2 is 2.00 bits per heavy atom. The largest absolute Gasteiger partial charge is 0.493 e. The number of nitrogens with one attached hydrogen (secondary N) is 2. The van der Waals surface area contributed by atoms with E-state index in [1.807, 2.05) is 25.1 Å². The first-order chi connectivity index (χ1) is 9.62. The van der Waals surface area contributed by atoms with E-state index in [9.17, 15) is 4.79 Å². The molecule has 1 aromatic rings. The van der Waals surface area contributed by atoms with Gasteiger partial charge in [0.25, 0.3) is 5.91 Å². The van der Waals surface area contributed by atoms with Gasteiger partial charge in [-0.15, -0.1) is 0 Å². The van der Waals surface area contributed by atoms with E-state index in [2.05, 4.69) is 17.6 Å². The van der Waals surface area contributed by atoms with Crippen LogP contribution in [-0.2, 0) is 11.3 Å². The van der Waals surface area contributed by atoms with Crippen molar-refractivity contribution in [3.63, 3.8) is 0 Å². The van der Waals surface area contributed by atoms with E-state index in [0.29, 0.717) is 18.0 Å². The molecule has 0 aliphatic heterocycles. The fraction of sp³-hybridized carbons (Fsp3) is 0.533. The first-order valence-corrected chi connectivity index (χ1v) is 6.94. The van der Waals surface area contributed by atoms with E-state index in [0.717, 1.165) is 18.7 Å². The van der Waals surface area contributed by atoms with Gasteiger partial charge >= 0.3 is 0 Å². The van der Waals surface area contributed by atoms with Crippen LogP contribution in [0.2, 0.25) is 0 Å². The van der Waals surface area contributed by atoms with Gasteiger partial charge in [-0.2, -0.15) is 0 Å². The van der Waals surface area contributed by atoms with Gasteiger partial charge in [0.15, 0.2) is 17.6 Å². The molecule has 0 saturated heterocycles. The topological polar surface area (TPSA) is 59.6 Å². The summed E-state index contributed by atoms with van der Waals surface area (Å²) in [5, 5.41) is 5.98. The maximum atomic E-state index is 11.7. The number of methoxy groups -OCH3 is 1. The van der Waals surface area contributed by atoms with Gasteiger partial charge in [0.1, 0.15) is 0 Å². The van der Waals surface area contributed by atoms with E-state index in [1.54, 1.807) is 14.0 Å².